The lowest BCUT2D eigenvalue weighted by atomic mass is 9.95. The van der Waals surface area contributed by atoms with Gasteiger partial charge in [0.15, 0.2) is 0 Å². The Bertz CT molecular complexity index is 1440. The molecule has 0 saturated carbocycles. The molecule has 4 aromatic carbocycles. The normalized spacial score (nSPS) is 14.2. The summed E-state index contributed by atoms with van der Waals surface area (Å²) in [6.07, 6.45) is -0.0950. The highest BCUT2D eigenvalue weighted by atomic mass is 16.5. The molecule has 0 saturated heterocycles. The van der Waals surface area contributed by atoms with Crippen molar-refractivity contribution in [2.24, 2.45) is 5.92 Å². The molecule has 4 aromatic rings. The van der Waals surface area contributed by atoms with Gasteiger partial charge in [0, 0.05) is 19.1 Å². The van der Waals surface area contributed by atoms with E-state index in [-0.39, 0.29) is 12.0 Å². The number of rotatable bonds is 13. The summed E-state index contributed by atoms with van der Waals surface area (Å²) in [6.45, 7) is 14.0. The summed E-state index contributed by atoms with van der Waals surface area (Å²) in [5.41, 5.74) is 9.67. The Morgan fingerprint density at radius 3 is 1.98 bits per heavy atom. The largest absolute Gasteiger partial charge is 0.456 e. The first-order chi connectivity index (χ1) is 20.6. The molecule has 0 spiro atoms. The van der Waals surface area contributed by atoms with E-state index in [9.17, 15) is 9.90 Å². The Balaban J connectivity index is 1.61. The molecule has 1 N–H and O–H groups in total. The predicted octanol–water partition coefficient (Wildman–Crippen LogP) is 8.23. The van der Waals surface area contributed by atoms with Gasteiger partial charge < -0.3 is 9.84 Å². The van der Waals surface area contributed by atoms with Crippen molar-refractivity contribution in [3.05, 3.63) is 142 Å². The molecule has 0 amide bonds. The van der Waals surface area contributed by atoms with Gasteiger partial charge in [-0.2, -0.15) is 0 Å². The third-order valence-corrected chi connectivity index (χ3v) is 8.74. The molecule has 4 atom stereocenters. The minimum Gasteiger partial charge on any atom is -0.456 e. The van der Waals surface area contributed by atoms with Crippen molar-refractivity contribution >= 4 is 5.97 Å². The van der Waals surface area contributed by atoms with E-state index in [0.717, 1.165) is 24.2 Å². The van der Waals surface area contributed by atoms with Crippen LogP contribution in [0.5, 0.6) is 0 Å². The topological polar surface area (TPSA) is 49.8 Å². The van der Waals surface area contributed by atoms with E-state index >= 15 is 0 Å². The number of ether oxygens (including phenoxy) is 1. The van der Waals surface area contributed by atoms with Crippen LogP contribution in [0, 0.1) is 33.6 Å². The summed E-state index contributed by atoms with van der Waals surface area (Å²) in [5, 5.41) is 11.0. The number of esters is 1. The number of nitrogens with zero attached hydrogens (tertiary/aromatic N) is 1. The van der Waals surface area contributed by atoms with Crippen molar-refractivity contribution in [2.75, 3.05) is 0 Å². The fourth-order valence-electron chi connectivity index (χ4n) is 5.89. The average molecular weight is 578 g/mol. The number of carbonyl (C=O) groups is 1. The standard InChI is InChI=1S/C39H47NO3/c1-27-23-29(3)36(30(4)24-27)26-40(25-35-20-14-13-15-28(35)2)32(6)38(34-18-11-8-12-19-34)43-39(42)31(5)37(41)22-21-33-16-9-7-10-17-33/h7-20,23-24,31-32,37-38,41H,21-22,25-26H2,1-6H3/t31-,32+,37-,38+/m1/s1. The number of aryl methyl sites for hydroxylation is 5. The van der Waals surface area contributed by atoms with E-state index in [0.29, 0.717) is 12.8 Å². The molecule has 4 heteroatoms. The van der Waals surface area contributed by atoms with Crippen LogP contribution in [0.15, 0.2) is 97.1 Å². The maximum absolute atomic E-state index is 13.6. The van der Waals surface area contributed by atoms with Crippen molar-refractivity contribution in [3.63, 3.8) is 0 Å². The number of hydrogen-bond donors (Lipinski definition) is 1. The number of hydrogen-bond acceptors (Lipinski definition) is 4. The van der Waals surface area contributed by atoms with Crippen molar-refractivity contribution in [1.29, 1.82) is 0 Å². The first-order valence-electron chi connectivity index (χ1n) is 15.5. The summed E-state index contributed by atoms with van der Waals surface area (Å²) < 4.78 is 6.36. The molecule has 0 aliphatic carbocycles. The molecule has 4 nitrogen and oxygen atoms in total. The van der Waals surface area contributed by atoms with Crippen LogP contribution in [0.25, 0.3) is 0 Å². The van der Waals surface area contributed by atoms with E-state index in [4.69, 9.17) is 4.74 Å². The molecule has 0 unspecified atom stereocenters. The van der Waals surface area contributed by atoms with Gasteiger partial charge in [0.05, 0.1) is 12.0 Å². The minimum atomic E-state index is -0.791. The lowest BCUT2D eigenvalue weighted by Crippen LogP contribution is -2.40. The van der Waals surface area contributed by atoms with E-state index in [1.807, 2.05) is 60.7 Å². The third kappa shape index (κ3) is 8.65. The average Bonchev–Trinajstić information content (AvgIpc) is 3.00. The zero-order valence-corrected chi connectivity index (χ0v) is 26.6. The predicted molar refractivity (Wildman–Crippen MR) is 176 cm³/mol. The molecular formula is C39H47NO3. The highest BCUT2D eigenvalue weighted by Crippen LogP contribution is 2.31. The van der Waals surface area contributed by atoms with Crippen LogP contribution in [0.1, 0.15) is 70.9 Å². The number of carbonyl (C=O) groups excluding carboxylic acids is 1. The quantitative estimate of drug-likeness (QED) is 0.163. The van der Waals surface area contributed by atoms with Crippen LogP contribution >= 0.6 is 0 Å². The smallest absolute Gasteiger partial charge is 0.311 e. The second kappa shape index (κ2) is 15.1. The molecule has 0 heterocycles. The van der Waals surface area contributed by atoms with Crippen molar-refractivity contribution in [3.8, 4) is 0 Å². The van der Waals surface area contributed by atoms with Gasteiger partial charge in [-0.1, -0.05) is 103 Å². The van der Waals surface area contributed by atoms with Crippen LogP contribution in [0.3, 0.4) is 0 Å². The van der Waals surface area contributed by atoms with Crippen LogP contribution in [0.2, 0.25) is 0 Å². The summed E-state index contributed by atoms with van der Waals surface area (Å²) in [7, 11) is 0. The van der Waals surface area contributed by atoms with Crippen LogP contribution < -0.4 is 0 Å². The Hall–Kier alpha value is -3.73. The highest BCUT2D eigenvalue weighted by molar-refractivity contribution is 5.73. The zero-order chi connectivity index (χ0) is 30.9. The molecular weight excluding hydrogens is 530 g/mol. The Morgan fingerprint density at radius 2 is 1.35 bits per heavy atom. The van der Waals surface area contributed by atoms with Crippen molar-refractivity contribution in [1.82, 2.24) is 4.90 Å². The second-order valence-electron chi connectivity index (χ2n) is 12.1. The summed E-state index contributed by atoms with van der Waals surface area (Å²) in [6, 6.07) is 32.9. The van der Waals surface area contributed by atoms with Crippen LogP contribution in [-0.4, -0.2) is 28.1 Å². The molecule has 0 aliphatic rings. The molecule has 0 fully saturated rings. The molecule has 43 heavy (non-hydrogen) atoms. The van der Waals surface area contributed by atoms with Gasteiger partial charge in [0.1, 0.15) is 6.10 Å². The monoisotopic (exact) mass is 577 g/mol. The minimum absolute atomic E-state index is 0.139. The first kappa shape index (κ1) is 32.2. The van der Waals surface area contributed by atoms with Gasteiger partial charge in [0.25, 0.3) is 0 Å². The van der Waals surface area contributed by atoms with Gasteiger partial charge in [0.2, 0.25) is 0 Å². The molecule has 226 valence electrons. The maximum Gasteiger partial charge on any atom is 0.311 e. The maximum atomic E-state index is 13.6. The number of aliphatic hydroxyl groups excluding tert-OH is 1. The van der Waals surface area contributed by atoms with E-state index in [1.54, 1.807) is 6.92 Å². The highest BCUT2D eigenvalue weighted by Gasteiger charge is 2.32. The van der Waals surface area contributed by atoms with Gasteiger partial charge in [-0.25, -0.2) is 0 Å². The van der Waals surface area contributed by atoms with Gasteiger partial charge in [-0.3, -0.25) is 9.69 Å². The van der Waals surface area contributed by atoms with Gasteiger partial charge in [-0.05, 0) is 93.3 Å². The van der Waals surface area contributed by atoms with Gasteiger partial charge >= 0.3 is 5.97 Å². The Morgan fingerprint density at radius 1 is 0.767 bits per heavy atom. The van der Waals surface area contributed by atoms with Crippen LogP contribution in [-0.2, 0) is 29.0 Å². The van der Waals surface area contributed by atoms with Gasteiger partial charge in [-0.15, -0.1) is 0 Å². The zero-order valence-electron chi connectivity index (χ0n) is 26.6. The molecule has 0 aromatic heterocycles. The van der Waals surface area contributed by atoms with E-state index < -0.39 is 18.1 Å². The van der Waals surface area contributed by atoms with E-state index in [2.05, 4.69) is 75.9 Å². The number of benzene rings is 4. The van der Waals surface area contributed by atoms with Crippen molar-refractivity contribution in [2.45, 2.75) is 85.7 Å². The Labute approximate surface area is 258 Å². The fraction of sp³-hybridized carbons (Fsp3) is 0.359. The van der Waals surface area contributed by atoms with E-state index in [1.165, 1.54) is 33.4 Å². The molecule has 0 aliphatic heterocycles. The summed E-state index contributed by atoms with van der Waals surface area (Å²) in [4.78, 5) is 16.0. The summed E-state index contributed by atoms with van der Waals surface area (Å²) >= 11 is 0. The second-order valence-corrected chi connectivity index (χ2v) is 12.1. The molecule has 4 rings (SSSR count). The first-order valence-corrected chi connectivity index (χ1v) is 15.5. The lowest BCUT2D eigenvalue weighted by molar-refractivity contribution is -0.161. The lowest BCUT2D eigenvalue weighted by Gasteiger charge is -2.36. The fourth-order valence-corrected chi connectivity index (χ4v) is 5.89. The summed E-state index contributed by atoms with van der Waals surface area (Å²) in [5.74, 6) is -1.02. The molecule has 0 radical (unpaired) electrons. The third-order valence-electron chi connectivity index (χ3n) is 8.74. The van der Waals surface area contributed by atoms with Crippen LogP contribution in [0.4, 0.5) is 0 Å². The van der Waals surface area contributed by atoms with Crippen molar-refractivity contribution < 1.29 is 14.6 Å². The number of aliphatic hydroxyl groups is 1. The Kier molecular flexibility index (Phi) is 11.3. The molecule has 0 bridgehead atoms. The SMILES string of the molecule is Cc1cc(C)c(CN(Cc2ccccc2C)[C@@H](C)[C@H](OC(=O)[C@H](C)[C@H](O)CCc2ccccc2)c2ccccc2)c(C)c1.